The minimum absolute atomic E-state index is 0.0702. The lowest BCUT2D eigenvalue weighted by molar-refractivity contribution is -0.129. The van der Waals surface area contributed by atoms with Crippen LogP contribution in [0.3, 0.4) is 0 Å². The molecule has 0 saturated carbocycles. The first-order valence-electron chi connectivity index (χ1n) is 9.67. The molecular weight excluding hydrogens is 397 g/mol. The Labute approximate surface area is 179 Å². The first-order chi connectivity index (χ1) is 15.0. The SMILES string of the molecule is COc1cc(C=C2N=C(c3cccc(F)c3)OC2=O)ccc1OCc1ccc(C)cc1. The van der Waals surface area contributed by atoms with E-state index in [0.717, 1.165) is 5.56 Å². The van der Waals surface area contributed by atoms with Gasteiger partial charge in [0, 0.05) is 5.56 Å². The summed E-state index contributed by atoms with van der Waals surface area (Å²) in [6.45, 7) is 2.44. The summed E-state index contributed by atoms with van der Waals surface area (Å²) in [7, 11) is 1.55. The van der Waals surface area contributed by atoms with Crippen LogP contribution in [-0.4, -0.2) is 19.0 Å². The van der Waals surface area contributed by atoms with Crippen molar-refractivity contribution in [3.05, 3.63) is 100 Å². The average Bonchev–Trinajstić information content (AvgIpc) is 3.14. The van der Waals surface area contributed by atoms with Crippen LogP contribution in [0.15, 0.2) is 77.4 Å². The number of carbonyl (C=O) groups excluding carboxylic acids is 1. The fraction of sp³-hybridized carbons (Fsp3) is 0.120. The Balaban J connectivity index is 1.53. The predicted octanol–water partition coefficient (Wildman–Crippen LogP) is 5.07. The van der Waals surface area contributed by atoms with Crippen molar-refractivity contribution >= 4 is 17.9 Å². The van der Waals surface area contributed by atoms with Crippen LogP contribution in [0.1, 0.15) is 22.3 Å². The van der Waals surface area contributed by atoms with Crippen molar-refractivity contribution in [2.75, 3.05) is 7.11 Å². The van der Waals surface area contributed by atoms with E-state index in [2.05, 4.69) is 4.99 Å². The summed E-state index contributed by atoms with van der Waals surface area (Å²) in [4.78, 5) is 16.4. The lowest BCUT2D eigenvalue weighted by atomic mass is 10.1. The Morgan fingerprint density at radius 2 is 1.84 bits per heavy atom. The molecule has 3 aromatic rings. The molecule has 5 nitrogen and oxygen atoms in total. The average molecular weight is 417 g/mol. The minimum atomic E-state index is -0.599. The zero-order valence-corrected chi connectivity index (χ0v) is 17.1. The van der Waals surface area contributed by atoms with Gasteiger partial charge in [-0.05, 0) is 54.5 Å². The maximum atomic E-state index is 13.4. The van der Waals surface area contributed by atoms with Crippen molar-refractivity contribution < 1.29 is 23.4 Å². The van der Waals surface area contributed by atoms with E-state index in [9.17, 15) is 9.18 Å². The highest BCUT2D eigenvalue weighted by Crippen LogP contribution is 2.30. The van der Waals surface area contributed by atoms with E-state index in [-0.39, 0.29) is 11.6 Å². The third-order valence-corrected chi connectivity index (χ3v) is 4.70. The molecule has 0 fully saturated rings. The molecule has 1 heterocycles. The number of cyclic esters (lactones) is 1. The van der Waals surface area contributed by atoms with E-state index >= 15 is 0 Å². The Morgan fingerprint density at radius 3 is 2.58 bits per heavy atom. The van der Waals surface area contributed by atoms with Gasteiger partial charge >= 0.3 is 5.97 Å². The van der Waals surface area contributed by atoms with Crippen molar-refractivity contribution in [1.82, 2.24) is 0 Å². The number of ether oxygens (including phenoxy) is 3. The molecule has 4 rings (SSSR count). The first kappa shape index (κ1) is 20.3. The van der Waals surface area contributed by atoms with Gasteiger partial charge in [0.15, 0.2) is 17.2 Å². The van der Waals surface area contributed by atoms with E-state index in [1.807, 2.05) is 31.2 Å². The summed E-state index contributed by atoms with van der Waals surface area (Å²) >= 11 is 0. The van der Waals surface area contributed by atoms with E-state index in [1.54, 1.807) is 37.5 Å². The van der Waals surface area contributed by atoms with Crippen molar-refractivity contribution in [3.8, 4) is 11.5 Å². The molecule has 3 aromatic carbocycles. The van der Waals surface area contributed by atoms with E-state index in [1.165, 1.54) is 23.8 Å². The van der Waals surface area contributed by atoms with Crippen LogP contribution in [0, 0.1) is 12.7 Å². The molecule has 0 aliphatic carbocycles. The number of esters is 1. The molecule has 1 aliphatic heterocycles. The molecule has 0 unspecified atom stereocenters. The number of halogens is 1. The van der Waals surface area contributed by atoms with Gasteiger partial charge in [0.05, 0.1) is 7.11 Å². The Bertz CT molecular complexity index is 1180. The number of benzene rings is 3. The molecule has 0 amide bonds. The number of nitrogens with zero attached hydrogens (tertiary/aromatic N) is 1. The van der Waals surface area contributed by atoms with Crippen molar-refractivity contribution in [2.24, 2.45) is 4.99 Å². The number of methoxy groups -OCH3 is 1. The molecule has 0 bridgehead atoms. The predicted molar refractivity (Wildman–Crippen MR) is 116 cm³/mol. The second-order valence-corrected chi connectivity index (χ2v) is 7.03. The van der Waals surface area contributed by atoms with Gasteiger partial charge in [-0.25, -0.2) is 14.2 Å². The van der Waals surface area contributed by atoms with Crippen LogP contribution in [-0.2, 0) is 16.1 Å². The standard InChI is InChI=1S/C25H20FNO4/c1-16-6-8-17(9-7-16)15-30-22-11-10-18(13-23(22)29-2)12-21-25(28)31-24(27-21)19-4-3-5-20(26)14-19/h3-14H,15H2,1-2H3. The zero-order chi connectivity index (χ0) is 21.8. The summed E-state index contributed by atoms with van der Waals surface area (Å²) in [5.41, 5.74) is 3.44. The highest BCUT2D eigenvalue weighted by atomic mass is 19.1. The van der Waals surface area contributed by atoms with Crippen LogP contribution in [0.5, 0.6) is 11.5 Å². The van der Waals surface area contributed by atoms with Gasteiger partial charge in [0.25, 0.3) is 0 Å². The van der Waals surface area contributed by atoms with Gasteiger partial charge in [-0.15, -0.1) is 0 Å². The molecule has 0 radical (unpaired) electrons. The van der Waals surface area contributed by atoms with Crippen LogP contribution in [0.2, 0.25) is 0 Å². The molecule has 0 spiro atoms. The molecule has 0 N–H and O–H groups in total. The number of carbonyl (C=O) groups is 1. The number of aryl methyl sites for hydroxylation is 1. The zero-order valence-electron chi connectivity index (χ0n) is 17.1. The Morgan fingerprint density at radius 1 is 1.03 bits per heavy atom. The molecule has 31 heavy (non-hydrogen) atoms. The fourth-order valence-corrected chi connectivity index (χ4v) is 3.05. The van der Waals surface area contributed by atoms with Crippen molar-refractivity contribution in [2.45, 2.75) is 13.5 Å². The van der Waals surface area contributed by atoms with Gasteiger partial charge in [0.2, 0.25) is 5.90 Å². The highest BCUT2D eigenvalue weighted by Gasteiger charge is 2.24. The summed E-state index contributed by atoms with van der Waals surface area (Å²) in [6, 6.07) is 19.1. The van der Waals surface area contributed by atoms with Crippen molar-refractivity contribution in [3.63, 3.8) is 0 Å². The minimum Gasteiger partial charge on any atom is -0.493 e. The summed E-state index contributed by atoms with van der Waals surface area (Å²) in [5.74, 6) is 0.156. The monoisotopic (exact) mass is 417 g/mol. The summed E-state index contributed by atoms with van der Waals surface area (Å²) in [5, 5.41) is 0. The Hall–Kier alpha value is -3.93. The third kappa shape index (κ3) is 4.80. The maximum Gasteiger partial charge on any atom is 0.363 e. The van der Waals surface area contributed by atoms with Gasteiger partial charge < -0.3 is 14.2 Å². The quantitative estimate of drug-likeness (QED) is 0.415. The number of aliphatic imine (C=N–C) groups is 1. The highest BCUT2D eigenvalue weighted by molar-refractivity contribution is 6.12. The number of hydrogen-bond acceptors (Lipinski definition) is 5. The molecule has 1 aliphatic rings. The molecule has 0 atom stereocenters. The second-order valence-electron chi connectivity index (χ2n) is 7.03. The second kappa shape index (κ2) is 8.83. The van der Waals surface area contributed by atoms with Crippen LogP contribution < -0.4 is 9.47 Å². The first-order valence-corrected chi connectivity index (χ1v) is 9.67. The van der Waals surface area contributed by atoms with Gasteiger partial charge in [-0.1, -0.05) is 42.0 Å². The van der Waals surface area contributed by atoms with Crippen LogP contribution in [0.25, 0.3) is 6.08 Å². The molecule has 156 valence electrons. The Kier molecular flexibility index (Phi) is 5.80. The van der Waals surface area contributed by atoms with Gasteiger partial charge in [-0.2, -0.15) is 0 Å². The molecule has 0 aromatic heterocycles. The van der Waals surface area contributed by atoms with Crippen LogP contribution in [0.4, 0.5) is 4.39 Å². The molecule has 6 heteroatoms. The lowest BCUT2D eigenvalue weighted by Crippen LogP contribution is -2.05. The van der Waals surface area contributed by atoms with E-state index in [4.69, 9.17) is 14.2 Å². The fourth-order valence-electron chi connectivity index (χ4n) is 3.05. The van der Waals surface area contributed by atoms with Gasteiger partial charge in [-0.3, -0.25) is 0 Å². The third-order valence-electron chi connectivity index (χ3n) is 4.70. The number of rotatable bonds is 6. The van der Waals surface area contributed by atoms with E-state index < -0.39 is 11.8 Å². The summed E-state index contributed by atoms with van der Waals surface area (Å²) < 4.78 is 29.9. The van der Waals surface area contributed by atoms with E-state index in [0.29, 0.717) is 29.2 Å². The topological polar surface area (TPSA) is 57.1 Å². The number of hydrogen-bond donors (Lipinski definition) is 0. The largest absolute Gasteiger partial charge is 0.493 e. The maximum absolute atomic E-state index is 13.4. The van der Waals surface area contributed by atoms with Crippen molar-refractivity contribution in [1.29, 1.82) is 0 Å². The lowest BCUT2D eigenvalue weighted by Gasteiger charge is -2.11. The van der Waals surface area contributed by atoms with Gasteiger partial charge in [0.1, 0.15) is 12.4 Å². The smallest absolute Gasteiger partial charge is 0.363 e. The molecule has 0 saturated heterocycles. The summed E-state index contributed by atoms with van der Waals surface area (Å²) in [6.07, 6.45) is 1.58. The molecular formula is C25H20FNO4. The normalized spacial score (nSPS) is 14.4. The van der Waals surface area contributed by atoms with Crippen LogP contribution >= 0.6 is 0 Å².